The van der Waals surface area contributed by atoms with Crippen LogP contribution < -0.4 is 47.7 Å². The summed E-state index contributed by atoms with van der Waals surface area (Å²) < 4.78 is 17.2. The average molecular weight is 1470 g/mol. The van der Waals surface area contributed by atoms with Crippen molar-refractivity contribution in [3.05, 3.63) is 29.8 Å². The molecule has 0 aromatic heterocycles. The van der Waals surface area contributed by atoms with Crippen LogP contribution in [0.4, 0.5) is 8.90 Å². The van der Waals surface area contributed by atoms with E-state index < -0.39 is 208 Å². The molecular weight excluding hydrogens is 1370 g/mol. The Morgan fingerprint density at radius 2 is 0.804 bits per heavy atom. The van der Waals surface area contributed by atoms with Crippen molar-refractivity contribution in [2.24, 2.45) is 0 Å². The molecule has 0 radical (unpaired) electrons. The third-order valence-corrected chi connectivity index (χ3v) is 21.9. The van der Waals surface area contributed by atoms with Gasteiger partial charge < -0.3 is 92.6 Å². The van der Waals surface area contributed by atoms with E-state index in [0.717, 1.165) is 0 Å². The number of nitrogens with one attached hydrogen (secondary N) is 8. The first-order chi connectivity index (χ1) is 47.5. The summed E-state index contributed by atoms with van der Waals surface area (Å²) in [6.07, 6.45) is -4.07. The minimum atomic E-state index is -3.81. The smallest absolute Gasteiger partial charge is 0.326 e. The van der Waals surface area contributed by atoms with Gasteiger partial charge in [-0.15, -0.1) is 0 Å². The van der Waals surface area contributed by atoms with Gasteiger partial charge in [0.1, 0.15) is 36.3 Å². The Bertz CT molecular complexity index is 3050. The summed E-state index contributed by atoms with van der Waals surface area (Å²) in [4.78, 5) is 204. The fourth-order valence-electron chi connectivity index (χ4n) is 11.3. The molecule has 0 unspecified atom stereocenters. The Hall–Kier alpha value is -9.47. The summed E-state index contributed by atoms with van der Waals surface area (Å²) in [5.74, 6) is -17.4. The topological polar surface area (TPSA) is 564 Å². The average Bonchev–Trinajstić information content (AvgIpc) is 0.748. The van der Waals surface area contributed by atoms with Gasteiger partial charge in [-0.3, -0.25) is 72.3 Å². The first-order valence-electron chi connectivity index (χ1n) is 33.0. The molecule has 1 aromatic carbocycles. The number of hydrogen-bond acceptors (Lipinski definition) is 20. The SMILES string of the molecule is CC(C)(C)[Si](F)(c1ccc(C(=O)N[C@H](CNC(=O)CC[C@H](C(=O)O)N2CCN(CC(=O)O)CCN(CC(=O)O)CCN(CC(=O)O)CC2)C(=O)N[C@H](CCCCNC(=O)CCC(=O)NCCC[C@@H](NC(=O)CC[C@H](NC(=O)N[C@@H](CCC(=O)O)C(=O)O)C(=O)O)C(=O)O)C(=O)O)cc1)C(C)(C)C. The third kappa shape index (κ3) is 32.9. The molecule has 1 aliphatic heterocycles. The molecule has 1 aromatic rings. The van der Waals surface area contributed by atoms with Gasteiger partial charge in [-0.1, -0.05) is 53.7 Å². The van der Waals surface area contributed by atoms with Gasteiger partial charge in [-0.2, -0.15) is 0 Å². The standard InChI is InChI=1S/C63H99FN12O25Si/c1-62(2,3)102(64,63(4,5)6)39-14-12-38(13-15-39)54(89)70-44(34-67-48(79)20-18-45(60(99)100)76-32-30-74(36-52(85)86)28-26-73(35-51(83)84)27-29-75(31-33-76)37-53(87)88)55(90)69-41(57(93)94)10-7-8-24-65-46(77)21-22-47(78)66-25-9-11-40(56(91)92)68-49(80)19-16-42(58(95)96)71-61(101)72-43(59(97)98)17-23-50(81)82/h12-15,40-45H,7-11,16-37H2,1-6H3,(H,65,77)(H,66,78)(H,67,79)(H,68,80)(H,69,90)(H,70,89)(H,81,82)(H,83,84)(H,85,86)(H,87,88)(H,91,92)(H,93,94)(H,95,96)(H,97,98)(H,99,100)(H2,71,72,101)/t40-,41-,42+,43+,44-,45-/m1/s1. The Morgan fingerprint density at radius 3 is 1.23 bits per heavy atom. The van der Waals surface area contributed by atoms with Gasteiger partial charge in [0.2, 0.25) is 29.5 Å². The maximum atomic E-state index is 17.2. The quantitative estimate of drug-likeness (QED) is 0.0197. The second kappa shape index (κ2) is 43.4. The molecule has 1 fully saturated rings. The molecule has 102 heavy (non-hydrogen) atoms. The minimum Gasteiger partial charge on any atom is -0.481 e. The first kappa shape index (κ1) is 88.6. The zero-order valence-electron chi connectivity index (χ0n) is 58.1. The number of benzene rings is 1. The second-order valence-electron chi connectivity index (χ2n) is 26.6. The molecule has 8 amide bonds. The molecule has 17 N–H and O–H groups in total. The highest BCUT2D eigenvalue weighted by Gasteiger charge is 2.56. The summed E-state index contributed by atoms with van der Waals surface area (Å²) in [6, 6.07) is -5.23. The van der Waals surface area contributed by atoms with Gasteiger partial charge in [-0.05, 0) is 78.8 Å². The number of carboxylic acids is 9. The van der Waals surface area contributed by atoms with Crippen LogP contribution in [0.3, 0.4) is 0 Å². The number of halogens is 1. The van der Waals surface area contributed by atoms with E-state index in [0.29, 0.717) is 5.19 Å². The fourth-order valence-corrected chi connectivity index (χ4v) is 16.0. The molecule has 1 aliphatic rings. The summed E-state index contributed by atoms with van der Waals surface area (Å²) >= 11 is 0. The van der Waals surface area contributed by atoms with Crippen LogP contribution in [-0.2, 0) is 67.1 Å². The maximum Gasteiger partial charge on any atom is 0.326 e. The summed E-state index contributed by atoms with van der Waals surface area (Å²) in [5, 5.41) is 104. The molecular formula is C63H99FN12O25Si. The van der Waals surface area contributed by atoms with E-state index in [1.54, 1.807) is 41.5 Å². The van der Waals surface area contributed by atoms with E-state index in [1.165, 1.54) is 43.9 Å². The zero-order chi connectivity index (χ0) is 77.2. The highest BCUT2D eigenvalue weighted by molar-refractivity contribution is 6.90. The number of hydrogen-bond donors (Lipinski definition) is 17. The van der Waals surface area contributed by atoms with Gasteiger partial charge >= 0.3 is 59.8 Å². The van der Waals surface area contributed by atoms with Gasteiger partial charge in [0.05, 0.1) is 19.6 Å². The number of aliphatic carboxylic acids is 9. The maximum absolute atomic E-state index is 17.2. The van der Waals surface area contributed by atoms with Crippen molar-refractivity contribution in [3.8, 4) is 0 Å². The molecule has 1 saturated heterocycles. The van der Waals surface area contributed by atoms with Crippen molar-refractivity contribution >= 4 is 109 Å². The van der Waals surface area contributed by atoms with Gasteiger partial charge in [0.15, 0.2) is 0 Å². The van der Waals surface area contributed by atoms with Crippen molar-refractivity contribution in [1.82, 2.24) is 62.1 Å². The van der Waals surface area contributed by atoms with E-state index in [9.17, 15) is 118 Å². The molecule has 2 rings (SSSR count). The van der Waals surface area contributed by atoms with Gasteiger partial charge in [0, 0.05) is 110 Å². The Morgan fingerprint density at radius 1 is 0.412 bits per heavy atom. The van der Waals surface area contributed by atoms with Gasteiger partial charge in [0.25, 0.3) is 14.3 Å². The van der Waals surface area contributed by atoms with E-state index in [1.807, 2.05) is 10.6 Å². The van der Waals surface area contributed by atoms with Crippen molar-refractivity contribution in [2.45, 2.75) is 171 Å². The number of carboxylic acid groups (broad SMARTS) is 9. The predicted molar refractivity (Wildman–Crippen MR) is 359 cm³/mol. The number of rotatable bonds is 43. The Labute approximate surface area is 588 Å². The third-order valence-electron chi connectivity index (χ3n) is 16.6. The molecule has 0 saturated carbocycles. The monoisotopic (exact) mass is 1470 g/mol. The van der Waals surface area contributed by atoms with Crippen LogP contribution in [0.25, 0.3) is 0 Å². The number of amides is 8. The van der Waals surface area contributed by atoms with Crippen LogP contribution in [0, 0.1) is 0 Å². The van der Waals surface area contributed by atoms with Crippen LogP contribution in [0.5, 0.6) is 0 Å². The molecule has 0 aliphatic carbocycles. The van der Waals surface area contributed by atoms with E-state index in [2.05, 4.69) is 31.9 Å². The molecule has 572 valence electrons. The molecule has 0 bridgehead atoms. The minimum absolute atomic E-state index is 0.000572. The lowest BCUT2D eigenvalue weighted by molar-refractivity contribution is -0.145. The first-order valence-corrected chi connectivity index (χ1v) is 34.9. The van der Waals surface area contributed by atoms with E-state index >= 15 is 4.11 Å². The van der Waals surface area contributed by atoms with Crippen molar-refractivity contribution in [2.75, 3.05) is 91.6 Å². The number of urea groups is 1. The van der Waals surface area contributed by atoms with Crippen LogP contribution >= 0.6 is 0 Å². The summed E-state index contributed by atoms with van der Waals surface area (Å²) in [6.45, 7) is 8.55. The van der Waals surface area contributed by atoms with Crippen molar-refractivity contribution in [3.63, 3.8) is 0 Å². The lowest BCUT2D eigenvalue weighted by Gasteiger charge is -2.44. The van der Waals surface area contributed by atoms with Crippen molar-refractivity contribution < 1.29 is 127 Å². The number of carbonyl (C=O) groups is 16. The molecule has 39 heteroatoms. The normalized spacial score (nSPS) is 15.6. The highest BCUT2D eigenvalue weighted by Crippen LogP contribution is 2.51. The van der Waals surface area contributed by atoms with Crippen LogP contribution in [0.15, 0.2) is 24.3 Å². The van der Waals surface area contributed by atoms with E-state index in [4.69, 9.17) is 5.11 Å². The number of carbonyl (C=O) groups excluding carboxylic acids is 7. The van der Waals surface area contributed by atoms with Crippen LogP contribution in [-0.4, -0.2) is 297 Å². The Kier molecular flexibility index (Phi) is 37.7. The molecule has 6 atom stereocenters. The lowest BCUT2D eigenvalue weighted by Crippen LogP contribution is -2.58. The second-order valence-corrected chi connectivity index (χ2v) is 31.5. The largest absolute Gasteiger partial charge is 0.481 e. The van der Waals surface area contributed by atoms with Crippen molar-refractivity contribution in [1.29, 1.82) is 0 Å². The molecule has 1 heterocycles. The highest BCUT2D eigenvalue weighted by atomic mass is 28.4. The zero-order valence-corrected chi connectivity index (χ0v) is 59.1. The Balaban J connectivity index is 2.13. The number of unbranched alkanes of at least 4 members (excludes halogenated alkanes) is 1. The van der Waals surface area contributed by atoms with Crippen LogP contribution in [0.2, 0.25) is 10.1 Å². The molecule has 37 nitrogen and oxygen atoms in total. The van der Waals surface area contributed by atoms with E-state index in [-0.39, 0.29) is 122 Å². The summed E-state index contributed by atoms with van der Waals surface area (Å²) in [5.41, 5.74) is -0.0342. The predicted octanol–water partition coefficient (Wildman–Crippen LogP) is -1.72. The fraction of sp³-hybridized carbons (Fsp3) is 0.651. The van der Waals surface area contributed by atoms with Gasteiger partial charge in [-0.25, -0.2) is 24.0 Å². The summed E-state index contributed by atoms with van der Waals surface area (Å²) in [7, 11) is -3.81. The lowest BCUT2D eigenvalue weighted by atomic mass is 10.1. The van der Waals surface area contributed by atoms with Crippen LogP contribution in [0.1, 0.15) is 135 Å². The molecule has 0 spiro atoms. The number of nitrogens with zero attached hydrogens (tertiary/aromatic N) is 4.